The molecule has 7 aromatic carbocycles. The molecule has 7 aromatic rings. The summed E-state index contributed by atoms with van der Waals surface area (Å²) in [5.74, 6) is 1.83. The van der Waals surface area contributed by atoms with E-state index in [0.29, 0.717) is 0 Å². The van der Waals surface area contributed by atoms with E-state index in [9.17, 15) is 4.89 Å². The van der Waals surface area contributed by atoms with Crippen molar-refractivity contribution in [2.75, 3.05) is 0 Å². The average Bonchev–Trinajstić information content (AvgIpc) is 3.52. The molecule has 3 heteroatoms. The fourth-order valence-electron chi connectivity index (χ4n) is 9.01. The fourth-order valence-corrected chi connectivity index (χ4v) is 12.1. The molecule has 3 aliphatic rings. The number of ether oxygens (including phenoxy) is 1. The summed E-state index contributed by atoms with van der Waals surface area (Å²) < 4.78 is 6.81. The molecule has 0 aromatic heterocycles. The second-order valence-corrected chi connectivity index (χ2v) is 17.2. The Kier molecular flexibility index (Phi) is 7.25. The van der Waals surface area contributed by atoms with Crippen LogP contribution in [0.4, 0.5) is 0 Å². The molecule has 0 saturated carbocycles. The van der Waals surface area contributed by atoms with Crippen molar-refractivity contribution >= 4 is 29.0 Å². The van der Waals surface area contributed by atoms with Crippen LogP contribution in [0.15, 0.2) is 194 Å². The first kappa shape index (κ1) is 31.0. The topological polar surface area (TPSA) is 29.5 Å². The molecular weight excluding hydrogens is 652 g/mol. The third-order valence-corrected chi connectivity index (χ3v) is 14.8. The maximum absolute atomic E-state index is 12.7. The van der Waals surface area contributed by atoms with E-state index < -0.39 is 7.49 Å². The van der Waals surface area contributed by atoms with Crippen molar-refractivity contribution in [3.05, 3.63) is 216 Å². The molecule has 52 heavy (non-hydrogen) atoms. The Balaban J connectivity index is 1.08. The normalized spacial score (nSPS) is 17.2. The van der Waals surface area contributed by atoms with Crippen molar-refractivity contribution in [3.63, 3.8) is 0 Å². The van der Waals surface area contributed by atoms with E-state index in [4.69, 9.17) is 4.74 Å². The summed E-state index contributed by atoms with van der Waals surface area (Å²) >= 11 is 0. The Morgan fingerprint density at radius 3 is 1.81 bits per heavy atom. The number of allylic oxidation sites excluding steroid dienone is 4. The van der Waals surface area contributed by atoms with Crippen molar-refractivity contribution in [1.29, 1.82) is 0 Å². The third-order valence-electron chi connectivity index (χ3n) is 11.3. The summed E-state index contributed by atoms with van der Waals surface area (Å²) in [7, 11) is -3.24. The summed E-state index contributed by atoms with van der Waals surface area (Å²) in [5, 5.41) is 2.90. The van der Waals surface area contributed by atoms with E-state index in [0.717, 1.165) is 62.5 Å². The number of para-hydroxylation sites is 1. The van der Waals surface area contributed by atoms with Gasteiger partial charge in [0.05, 0.1) is 0 Å². The molecule has 0 fully saturated rings. The molecular formula is C49H37O2P. The van der Waals surface area contributed by atoms with Gasteiger partial charge in [0.2, 0.25) is 0 Å². The van der Waals surface area contributed by atoms with Crippen LogP contribution in [0.3, 0.4) is 0 Å². The summed E-state index contributed by atoms with van der Waals surface area (Å²) in [5.41, 5.74) is 11.9. The van der Waals surface area contributed by atoms with Crippen LogP contribution in [0.25, 0.3) is 27.8 Å². The Bertz CT molecular complexity index is 2530. The summed E-state index contributed by atoms with van der Waals surface area (Å²) in [6.07, 6.45) is 6.71. The molecule has 0 bridgehead atoms. The third kappa shape index (κ3) is 4.58. The second-order valence-electron chi connectivity index (χ2n) is 14.0. The summed E-state index contributed by atoms with van der Waals surface area (Å²) in [6, 6.07) is 61.9. The zero-order valence-electron chi connectivity index (χ0n) is 28.7. The van der Waals surface area contributed by atoms with Gasteiger partial charge in [0, 0.05) is 0 Å². The molecule has 1 N–H and O–H groups in total. The van der Waals surface area contributed by atoms with Gasteiger partial charge in [-0.25, -0.2) is 0 Å². The van der Waals surface area contributed by atoms with Gasteiger partial charge in [0.15, 0.2) is 0 Å². The molecule has 1 aliphatic heterocycles. The average molecular weight is 689 g/mol. The van der Waals surface area contributed by atoms with Crippen molar-refractivity contribution < 1.29 is 9.63 Å². The molecule has 1 unspecified atom stereocenters. The van der Waals surface area contributed by atoms with Gasteiger partial charge in [-0.05, 0) is 24.0 Å². The van der Waals surface area contributed by atoms with Gasteiger partial charge >= 0.3 is 228 Å². The first-order valence-electron chi connectivity index (χ1n) is 18.1. The maximum atomic E-state index is 12.7. The number of benzene rings is 7. The van der Waals surface area contributed by atoms with Gasteiger partial charge in [-0.15, -0.1) is 0 Å². The summed E-state index contributed by atoms with van der Waals surface area (Å²) in [6.45, 7) is 0. The standard InChI is InChI=1S/C49H37O2P/c50-52(38-18-3-1-4-19-38,39-20-5-2-6-21-39)40-22-14-17-36(32-40)34-15-13-16-35(31-34)37-29-30-46-48(33-37)51-47-28-12-11-27-45(47)49(46)43-25-9-7-23-41(43)42-24-8-10-26-44(42)49/h1-9,11-25,27-33,50,52H,10,26H2. The molecule has 0 radical (unpaired) electrons. The van der Waals surface area contributed by atoms with E-state index in [-0.39, 0.29) is 5.41 Å². The van der Waals surface area contributed by atoms with Crippen LogP contribution in [0.2, 0.25) is 0 Å². The number of hydrogen-bond acceptors (Lipinski definition) is 2. The van der Waals surface area contributed by atoms with Gasteiger partial charge in [-0.3, -0.25) is 0 Å². The quantitative estimate of drug-likeness (QED) is 0.183. The van der Waals surface area contributed by atoms with Crippen LogP contribution in [-0.4, -0.2) is 4.89 Å². The zero-order valence-corrected chi connectivity index (χ0v) is 29.7. The second kappa shape index (κ2) is 12.2. The SMILES string of the molecule is O[PH](c1ccccc1)(c1ccccc1)c1cccc(-c2cccc(-c3ccc4c(c3)Oc3ccccc3C43C4=C(C=CCC4)c4ccccc43)c2)c1. The van der Waals surface area contributed by atoms with Crippen LogP contribution < -0.4 is 20.7 Å². The van der Waals surface area contributed by atoms with E-state index in [1.807, 2.05) is 36.4 Å². The molecule has 1 heterocycles. The van der Waals surface area contributed by atoms with Gasteiger partial charge in [-0.2, -0.15) is 0 Å². The first-order valence-corrected chi connectivity index (χ1v) is 20.1. The first-order chi connectivity index (χ1) is 25.7. The minimum atomic E-state index is -3.24. The Morgan fingerprint density at radius 2 is 1.06 bits per heavy atom. The van der Waals surface area contributed by atoms with E-state index in [2.05, 4.69) is 152 Å². The molecule has 10 rings (SSSR count). The van der Waals surface area contributed by atoms with Crippen molar-refractivity contribution in [2.45, 2.75) is 18.3 Å². The van der Waals surface area contributed by atoms with Crippen LogP contribution in [0.5, 0.6) is 11.5 Å². The van der Waals surface area contributed by atoms with E-state index in [1.54, 1.807) is 0 Å². The molecule has 2 nitrogen and oxygen atoms in total. The number of rotatable bonds is 5. The van der Waals surface area contributed by atoms with Crippen LogP contribution >= 0.6 is 7.49 Å². The summed E-state index contributed by atoms with van der Waals surface area (Å²) in [4.78, 5) is 12.7. The van der Waals surface area contributed by atoms with Crippen LogP contribution in [0.1, 0.15) is 35.1 Å². The van der Waals surface area contributed by atoms with Gasteiger partial charge < -0.3 is 0 Å². The predicted octanol–water partition coefficient (Wildman–Crippen LogP) is 10.5. The molecule has 250 valence electrons. The fraction of sp³-hybridized carbons (Fsp3) is 0.0612. The molecule has 0 amide bonds. The number of fused-ring (bicyclic) bond motifs is 8. The Hall–Kier alpha value is -5.79. The molecule has 0 saturated heterocycles. The van der Waals surface area contributed by atoms with Gasteiger partial charge in [0.1, 0.15) is 0 Å². The van der Waals surface area contributed by atoms with Gasteiger partial charge in [-0.1, -0.05) is 54.6 Å². The van der Waals surface area contributed by atoms with Gasteiger partial charge in [0.25, 0.3) is 0 Å². The van der Waals surface area contributed by atoms with Crippen LogP contribution in [-0.2, 0) is 5.41 Å². The zero-order chi connectivity index (χ0) is 34.7. The van der Waals surface area contributed by atoms with Crippen molar-refractivity contribution in [2.24, 2.45) is 0 Å². The number of hydrogen-bond donors (Lipinski definition) is 1. The minimum absolute atomic E-state index is 0.389. The van der Waals surface area contributed by atoms with Crippen LogP contribution in [0, 0.1) is 0 Å². The van der Waals surface area contributed by atoms with E-state index in [1.165, 1.54) is 33.4 Å². The molecule has 1 spiro atoms. The Morgan fingerprint density at radius 1 is 0.481 bits per heavy atom. The van der Waals surface area contributed by atoms with E-state index >= 15 is 0 Å². The monoisotopic (exact) mass is 688 g/mol. The van der Waals surface area contributed by atoms with Crippen molar-refractivity contribution in [3.8, 4) is 33.8 Å². The van der Waals surface area contributed by atoms with Crippen molar-refractivity contribution in [1.82, 2.24) is 0 Å². The predicted molar refractivity (Wildman–Crippen MR) is 218 cm³/mol. The Labute approximate surface area is 305 Å². The molecule has 2 aliphatic carbocycles. The molecule has 1 atom stereocenters.